The molecule has 0 saturated carbocycles. The van der Waals surface area contributed by atoms with Crippen LogP contribution in [-0.4, -0.2) is 36.2 Å². The maximum Gasteiger partial charge on any atom is 0.320 e. The highest BCUT2D eigenvalue weighted by atomic mass is 35.5. The van der Waals surface area contributed by atoms with Crippen LogP contribution in [0.2, 0.25) is 5.02 Å². The number of carboxylic acids is 1. The minimum absolute atomic E-state index is 0.332. The minimum Gasteiger partial charge on any atom is -0.493 e. The third kappa shape index (κ3) is 6.62. The summed E-state index contributed by atoms with van der Waals surface area (Å²) in [7, 11) is 1.57. The van der Waals surface area contributed by atoms with Gasteiger partial charge in [0.25, 0.3) is 0 Å². The largest absolute Gasteiger partial charge is 0.493 e. The molecule has 0 aliphatic heterocycles. The molecule has 0 spiro atoms. The van der Waals surface area contributed by atoms with Crippen molar-refractivity contribution in [3.05, 3.63) is 58.1 Å². The van der Waals surface area contributed by atoms with Crippen LogP contribution in [0.3, 0.4) is 0 Å². The predicted octanol–water partition coefficient (Wildman–Crippen LogP) is 4.53. The number of halogens is 1. The molecule has 0 aromatic heterocycles. The van der Waals surface area contributed by atoms with Crippen molar-refractivity contribution in [1.29, 1.82) is 0 Å². The number of carboxylic acid groups (broad SMARTS) is 1. The fraction of sp³-hybridized carbons (Fsp3) is 0.381. The topological polar surface area (TPSA) is 67.8 Å². The van der Waals surface area contributed by atoms with Crippen LogP contribution in [-0.2, 0) is 17.9 Å². The molecule has 0 radical (unpaired) electrons. The number of aryl methyl sites for hydroxylation is 1. The zero-order valence-electron chi connectivity index (χ0n) is 16.3. The zero-order chi connectivity index (χ0) is 20.5. The Kier molecular flexibility index (Phi) is 8.96. The van der Waals surface area contributed by atoms with Gasteiger partial charge in [0.1, 0.15) is 12.6 Å². The number of hydrogen-bond donors (Lipinski definition) is 2. The molecule has 2 aromatic rings. The van der Waals surface area contributed by atoms with E-state index in [4.69, 9.17) is 21.1 Å². The molecule has 152 valence electrons. The maximum absolute atomic E-state index is 11.4. The van der Waals surface area contributed by atoms with E-state index in [9.17, 15) is 9.90 Å². The Bertz CT molecular complexity index is 783. The number of carbonyl (C=O) groups is 1. The summed E-state index contributed by atoms with van der Waals surface area (Å²) < 4.78 is 11.3. The van der Waals surface area contributed by atoms with Crippen molar-refractivity contribution >= 4 is 29.3 Å². The van der Waals surface area contributed by atoms with Gasteiger partial charge in [-0.3, -0.25) is 4.79 Å². The molecule has 0 amide bonds. The Morgan fingerprint density at radius 3 is 2.57 bits per heavy atom. The van der Waals surface area contributed by atoms with Gasteiger partial charge in [-0.1, -0.05) is 41.4 Å². The molecule has 0 aliphatic carbocycles. The summed E-state index contributed by atoms with van der Waals surface area (Å²) in [5, 5.41) is 12.9. The first-order chi connectivity index (χ1) is 13.4. The second-order valence-corrected chi connectivity index (χ2v) is 7.81. The lowest BCUT2D eigenvalue weighted by Crippen LogP contribution is -2.36. The van der Waals surface area contributed by atoms with Crippen LogP contribution in [0.25, 0.3) is 0 Å². The monoisotopic (exact) mass is 423 g/mol. The van der Waals surface area contributed by atoms with Crippen LogP contribution in [0.5, 0.6) is 11.5 Å². The van der Waals surface area contributed by atoms with Crippen molar-refractivity contribution in [2.45, 2.75) is 32.5 Å². The standard InChI is InChI=1S/C21H26ClNO4S/c1-14-4-6-15(7-5-14)13-27-20-11-17(22)16(10-19(20)26-2)12-23-18(21(24)25)8-9-28-3/h4-7,10-11,18,23H,8-9,12-13H2,1-3H3,(H,24,25). The molecule has 0 saturated heterocycles. The van der Waals surface area contributed by atoms with Gasteiger partial charge in [-0.25, -0.2) is 0 Å². The van der Waals surface area contributed by atoms with Gasteiger partial charge < -0.3 is 19.9 Å². The SMILES string of the molecule is COc1cc(CNC(CCSC)C(=O)O)c(Cl)cc1OCc1ccc(C)cc1. The van der Waals surface area contributed by atoms with Crippen LogP contribution in [0.1, 0.15) is 23.1 Å². The van der Waals surface area contributed by atoms with Crippen molar-refractivity contribution in [1.82, 2.24) is 5.32 Å². The average molecular weight is 424 g/mol. The molecule has 2 N–H and O–H groups in total. The number of methoxy groups -OCH3 is 1. The number of benzene rings is 2. The maximum atomic E-state index is 11.4. The van der Waals surface area contributed by atoms with E-state index in [-0.39, 0.29) is 0 Å². The summed E-state index contributed by atoms with van der Waals surface area (Å²) in [5.41, 5.74) is 3.00. The van der Waals surface area contributed by atoms with Gasteiger partial charge >= 0.3 is 5.97 Å². The highest BCUT2D eigenvalue weighted by molar-refractivity contribution is 7.98. The molecule has 28 heavy (non-hydrogen) atoms. The molecule has 2 rings (SSSR count). The van der Waals surface area contributed by atoms with E-state index < -0.39 is 12.0 Å². The summed E-state index contributed by atoms with van der Waals surface area (Å²) >= 11 is 8.02. The summed E-state index contributed by atoms with van der Waals surface area (Å²) in [6, 6.07) is 11.0. The average Bonchev–Trinajstić information content (AvgIpc) is 2.68. The van der Waals surface area contributed by atoms with Crippen molar-refractivity contribution in [2.75, 3.05) is 19.1 Å². The van der Waals surface area contributed by atoms with Gasteiger partial charge in [0.15, 0.2) is 11.5 Å². The molecule has 0 bridgehead atoms. The Balaban J connectivity index is 2.06. The van der Waals surface area contributed by atoms with E-state index in [1.54, 1.807) is 31.0 Å². The van der Waals surface area contributed by atoms with E-state index in [0.717, 1.165) is 16.9 Å². The van der Waals surface area contributed by atoms with E-state index in [0.29, 0.717) is 36.1 Å². The van der Waals surface area contributed by atoms with Crippen molar-refractivity contribution in [3.8, 4) is 11.5 Å². The second kappa shape index (κ2) is 11.2. The first-order valence-electron chi connectivity index (χ1n) is 8.94. The Hall–Kier alpha value is -1.89. The van der Waals surface area contributed by atoms with Crippen LogP contribution in [0.4, 0.5) is 0 Å². The van der Waals surface area contributed by atoms with E-state index in [2.05, 4.69) is 5.32 Å². The molecule has 1 atom stereocenters. The highest BCUT2D eigenvalue weighted by Gasteiger charge is 2.18. The number of rotatable bonds is 11. The third-order valence-corrected chi connectivity index (χ3v) is 5.29. The van der Waals surface area contributed by atoms with Gasteiger partial charge in [-0.15, -0.1) is 0 Å². The molecule has 7 heteroatoms. The summed E-state index contributed by atoms with van der Waals surface area (Å²) in [6.07, 6.45) is 2.50. The number of nitrogens with one attached hydrogen (secondary N) is 1. The normalized spacial score (nSPS) is 11.9. The van der Waals surface area contributed by atoms with E-state index in [1.807, 2.05) is 37.4 Å². The molecule has 0 aliphatic rings. The predicted molar refractivity (Wildman–Crippen MR) is 115 cm³/mol. The molecule has 0 heterocycles. The Morgan fingerprint density at radius 1 is 1.25 bits per heavy atom. The van der Waals surface area contributed by atoms with Crippen LogP contribution >= 0.6 is 23.4 Å². The first-order valence-corrected chi connectivity index (χ1v) is 10.7. The van der Waals surface area contributed by atoms with Crippen LogP contribution < -0.4 is 14.8 Å². The number of ether oxygens (including phenoxy) is 2. The summed E-state index contributed by atoms with van der Waals surface area (Å²) in [4.78, 5) is 11.4. The van der Waals surface area contributed by atoms with Crippen molar-refractivity contribution in [3.63, 3.8) is 0 Å². The van der Waals surface area contributed by atoms with Crippen molar-refractivity contribution < 1.29 is 19.4 Å². The smallest absolute Gasteiger partial charge is 0.320 e. The molecule has 2 aromatic carbocycles. The van der Waals surface area contributed by atoms with Gasteiger partial charge in [0.05, 0.1) is 7.11 Å². The fourth-order valence-corrected chi connectivity index (χ4v) is 3.30. The zero-order valence-corrected chi connectivity index (χ0v) is 17.9. The van der Waals surface area contributed by atoms with Crippen LogP contribution in [0.15, 0.2) is 36.4 Å². The summed E-state index contributed by atoms with van der Waals surface area (Å²) in [5.74, 6) is 1.01. The lowest BCUT2D eigenvalue weighted by Gasteiger charge is -2.17. The minimum atomic E-state index is -0.866. The van der Waals surface area contributed by atoms with E-state index in [1.165, 1.54) is 5.56 Å². The van der Waals surface area contributed by atoms with Crippen molar-refractivity contribution in [2.24, 2.45) is 0 Å². The van der Waals surface area contributed by atoms with Gasteiger partial charge in [0, 0.05) is 17.6 Å². The number of aliphatic carboxylic acids is 1. The van der Waals surface area contributed by atoms with E-state index >= 15 is 0 Å². The molecular weight excluding hydrogens is 398 g/mol. The molecule has 1 unspecified atom stereocenters. The lowest BCUT2D eigenvalue weighted by molar-refractivity contribution is -0.139. The highest BCUT2D eigenvalue weighted by Crippen LogP contribution is 2.34. The summed E-state index contributed by atoms with van der Waals surface area (Å²) in [6.45, 7) is 2.77. The molecular formula is C21H26ClNO4S. The quantitative estimate of drug-likeness (QED) is 0.553. The third-order valence-electron chi connectivity index (χ3n) is 4.30. The lowest BCUT2D eigenvalue weighted by atomic mass is 10.1. The van der Waals surface area contributed by atoms with Crippen LogP contribution in [0, 0.1) is 6.92 Å². The molecule has 0 fully saturated rings. The Labute approximate surface area is 175 Å². The van der Waals surface area contributed by atoms with Gasteiger partial charge in [-0.05, 0) is 42.5 Å². The number of thioether (sulfide) groups is 1. The number of hydrogen-bond acceptors (Lipinski definition) is 5. The second-order valence-electron chi connectivity index (χ2n) is 6.42. The molecule has 5 nitrogen and oxygen atoms in total. The van der Waals surface area contributed by atoms with Gasteiger partial charge in [-0.2, -0.15) is 11.8 Å². The Morgan fingerprint density at radius 2 is 1.96 bits per heavy atom. The van der Waals surface area contributed by atoms with Gasteiger partial charge in [0.2, 0.25) is 0 Å². The first kappa shape index (κ1) is 22.4. The fourth-order valence-electron chi connectivity index (χ4n) is 2.61.